The third-order valence-corrected chi connectivity index (χ3v) is 9.46. The lowest BCUT2D eigenvalue weighted by Gasteiger charge is -2.30. The second kappa shape index (κ2) is 10.9. The van der Waals surface area contributed by atoms with E-state index in [0.717, 1.165) is 12.1 Å². The second-order valence-electron chi connectivity index (χ2n) is 12.6. The van der Waals surface area contributed by atoms with Gasteiger partial charge in [0.25, 0.3) is 0 Å². The first kappa shape index (κ1) is 27.2. The highest BCUT2D eigenvalue weighted by molar-refractivity contribution is 6.06. The van der Waals surface area contributed by atoms with E-state index in [0.29, 0.717) is 0 Å². The average Bonchev–Trinajstić information content (AvgIpc) is 3.32. The van der Waals surface area contributed by atoms with Crippen LogP contribution in [0.1, 0.15) is 36.1 Å². The van der Waals surface area contributed by atoms with Crippen molar-refractivity contribution in [1.29, 1.82) is 0 Å². The summed E-state index contributed by atoms with van der Waals surface area (Å²) in [6.07, 6.45) is 0.872. The molecule has 0 N–H and O–H groups in total. The normalized spacial score (nSPS) is 12.9. The van der Waals surface area contributed by atoms with Crippen LogP contribution < -0.4 is 4.90 Å². The first-order valence-electron chi connectivity index (χ1n) is 15.8. The van der Waals surface area contributed by atoms with Gasteiger partial charge in [0, 0.05) is 22.5 Å². The fourth-order valence-electron chi connectivity index (χ4n) is 7.37. The van der Waals surface area contributed by atoms with Gasteiger partial charge in [-0.05, 0) is 98.1 Å². The van der Waals surface area contributed by atoms with Crippen molar-refractivity contribution in [2.45, 2.75) is 25.7 Å². The van der Waals surface area contributed by atoms with Gasteiger partial charge in [-0.3, -0.25) is 0 Å². The Morgan fingerprint density at radius 1 is 0.489 bits per heavy atom. The summed E-state index contributed by atoms with van der Waals surface area (Å²) in [6, 6.07) is 59.7. The first-order chi connectivity index (χ1) is 22.1. The van der Waals surface area contributed by atoms with Crippen LogP contribution in [0.15, 0.2) is 164 Å². The molecular weight excluding hydrogens is 542 g/mol. The zero-order valence-electron chi connectivity index (χ0n) is 25.7. The van der Waals surface area contributed by atoms with Crippen molar-refractivity contribution in [2.75, 3.05) is 4.90 Å². The van der Waals surface area contributed by atoms with Crippen LogP contribution in [0.2, 0.25) is 0 Å². The minimum atomic E-state index is -0.165. The van der Waals surface area contributed by atoms with E-state index in [-0.39, 0.29) is 5.41 Å². The molecule has 1 heteroatoms. The molecule has 1 aliphatic carbocycles. The Bertz CT molecular complexity index is 2140. The van der Waals surface area contributed by atoms with E-state index in [1.807, 2.05) is 0 Å². The van der Waals surface area contributed by atoms with Crippen LogP contribution in [0.25, 0.3) is 33.0 Å². The molecular formula is C44H35N. The van der Waals surface area contributed by atoms with E-state index in [1.165, 1.54) is 66.7 Å². The van der Waals surface area contributed by atoms with Crippen LogP contribution >= 0.6 is 0 Å². The summed E-state index contributed by atoms with van der Waals surface area (Å²) in [4.78, 5) is 2.44. The monoisotopic (exact) mass is 577 g/mol. The highest BCUT2D eigenvalue weighted by Crippen LogP contribution is 2.54. The Morgan fingerprint density at radius 3 is 1.87 bits per heavy atom. The number of para-hydroxylation sites is 2. The van der Waals surface area contributed by atoms with E-state index < -0.39 is 0 Å². The Balaban J connectivity index is 1.32. The van der Waals surface area contributed by atoms with Crippen LogP contribution in [0.3, 0.4) is 0 Å². The quantitative estimate of drug-likeness (QED) is 0.190. The number of anilines is 3. The molecule has 0 amide bonds. The van der Waals surface area contributed by atoms with E-state index in [9.17, 15) is 0 Å². The average molecular weight is 578 g/mol. The summed E-state index contributed by atoms with van der Waals surface area (Å²) in [6.45, 7) is 4.79. The van der Waals surface area contributed by atoms with Gasteiger partial charge in [-0.1, -0.05) is 141 Å². The molecule has 0 bridgehead atoms. The van der Waals surface area contributed by atoms with Gasteiger partial charge < -0.3 is 4.90 Å². The zero-order valence-corrected chi connectivity index (χ0v) is 25.7. The van der Waals surface area contributed by atoms with Crippen LogP contribution in [-0.4, -0.2) is 0 Å². The van der Waals surface area contributed by atoms with Crippen molar-refractivity contribution >= 4 is 27.8 Å². The summed E-state index contributed by atoms with van der Waals surface area (Å²) in [7, 11) is 0. The molecule has 1 nitrogen and oxygen atoms in total. The van der Waals surface area contributed by atoms with Crippen LogP contribution in [0.4, 0.5) is 17.1 Å². The lowest BCUT2D eigenvalue weighted by Crippen LogP contribution is -2.17. The van der Waals surface area contributed by atoms with Crippen molar-refractivity contribution in [3.05, 3.63) is 186 Å². The molecule has 0 heterocycles. The number of rotatable bonds is 6. The molecule has 0 unspecified atom stereocenters. The fraction of sp³-hybridized carbons (Fsp3) is 0.0909. The Kier molecular flexibility index (Phi) is 6.61. The first-order valence-corrected chi connectivity index (χ1v) is 15.8. The topological polar surface area (TPSA) is 3.24 Å². The summed E-state index contributed by atoms with van der Waals surface area (Å²) in [5, 5.41) is 2.65. The molecule has 0 aromatic heterocycles. The predicted molar refractivity (Wildman–Crippen MR) is 191 cm³/mol. The summed E-state index contributed by atoms with van der Waals surface area (Å²) < 4.78 is 0. The van der Waals surface area contributed by atoms with Gasteiger partial charge in [-0.25, -0.2) is 0 Å². The second-order valence-corrected chi connectivity index (χ2v) is 12.6. The van der Waals surface area contributed by atoms with E-state index >= 15 is 0 Å². The van der Waals surface area contributed by atoms with Crippen LogP contribution in [0.5, 0.6) is 0 Å². The molecule has 0 atom stereocenters. The van der Waals surface area contributed by atoms with Gasteiger partial charge in [0.15, 0.2) is 0 Å². The standard InChI is InChI=1S/C44H35N/c1-44(2)41-29-35(45(34-21-10-5-11-22-34)42-25-15-12-20-33(42)28-31-16-6-3-7-17-31)26-27-37(41)40-30-39(32-18-8-4-9-19-32)36-23-13-14-24-38(36)43(40)44/h3-27,29-30H,28H2,1-2H3. The van der Waals surface area contributed by atoms with Crippen LogP contribution in [0, 0.1) is 0 Å². The summed E-state index contributed by atoms with van der Waals surface area (Å²) >= 11 is 0. The zero-order chi connectivity index (χ0) is 30.4. The minimum Gasteiger partial charge on any atom is -0.310 e. The molecule has 8 rings (SSSR count). The molecule has 7 aromatic carbocycles. The Hall–Kier alpha value is -5.40. The third-order valence-electron chi connectivity index (χ3n) is 9.46. The van der Waals surface area contributed by atoms with Gasteiger partial charge in [0.2, 0.25) is 0 Å². The van der Waals surface area contributed by atoms with Crippen molar-refractivity contribution < 1.29 is 0 Å². The van der Waals surface area contributed by atoms with Gasteiger partial charge >= 0.3 is 0 Å². The van der Waals surface area contributed by atoms with Gasteiger partial charge in [0.05, 0.1) is 0 Å². The molecule has 0 radical (unpaired) electrons. The van der Waals surface area contributed by atoms with Crippen LogP contribution in [-0.2, 0) is 11.8 Å². The highest BCUT2D eigenvalue weighted by atomic mass is 15.1. The molecule has 45 heavy (non-hydrogen) atoms. The number of fused-ring (bicyclic) bond motifs is 5. The van der Waals surface area contributed by atoms with Gasteiger partial charge in [-0.2, -0.15) is 0 Å². The molecule has 0 saturated heterocycles. The number of nitrogens with zero attached hydrogens (tertiary/aromatic N) is 1. The summed E-state index contributed by atoms with van der Waals surface area (Å²) in [5.74, 6) is 0. The van der Waals surface area contributed by atoms with E-state index in [2.05, 4.69) is 183 Å². The molecule has 0 aliphatic heterocycles. The SMILES string of the molecule is CC1(C)c2cc(N(c3ccccc3)c3ccccc3Cc3ccccc3)ccc2-c2cc(-c3ccccc3)c3ccccc3c21. The smallest absolute Gasteiger partial charge is 0.0496 e. The summed E-state index contributed by atoms with van der Waals surface area (Å²) in [5.41, 5.74) is 14.0. The number of hydrogen-bond acceptors (Lipinski definition) is 1. The molecule has 0 saturated carbocycles. The van der Waals surface area contributed by atoms with Crippen molar-refractivity contribution in [3.8, 4) is 22.3 Å². The Morgan fingerprint density at radius 2 is 1.11 bits per heavy atom. The maximum absolute atomic E-state index is 2.44. The number of hydrogen-bond donors (Lipinski definition) is 0. The molecule has 0 fully saturated rings. The van der Waals surface area contributed by atoms with Crippen molar-refractivity contribution in [1.82, 2.24) is 0 Å². The number of benzene rings is 7. The maximum Gasteiger partial charge on any atom is 0.0496 e. The lowest BCUT2D eigenvalue weighted by molar-refractivity contribution is 0.666. The molecule has 7 aromatic rings. The van der Waals surface area contributed by atoms with Crippen molar-refractivity contribution in [2.24, 2.45) is 0 Å². The minimum absolute atomic E-state index is 0.165. The third kappa shape index (κ3) is 4.64. The fourth-order valence-corrected chi connectivity index (χ4v) is 7.37. The molecule has 1 aliphatic rings. The lowest BCUT2D eigenvalue weighted by atomic mass is 9.79. The Labute approximate surface area is 266 Å². The highest BCUT2D eigenvalue weighted by Gasteiger charge is 2.38. The van der Waals surface area contributed by atoms with Gasteiger partial charge in [0.1, 0.15) is 0 Å². The molecule has 0 spiro atoms. The predicted octanol–water partition coefficient (Wildman–Crippen LogP) is 11.9. The van der Waals surface area contributed by atoms with Gasteiger partial charge in [-0.15, -0.1) is 0 Å². The maximum atomic E-state index is 2.44. The molecule has 216 valence electrons. The van der Waals surface area contributed by atoms with E-state index in [4.69, 9.17) is 0 Å². The van der Waals surface area contributed by atoms with Crippen molar-refractivity contribution in [3.63, 3.8) is 0 Å². The largest absolute Gasteiger partial charge is 0.310 e. The van der Waals surface area contributed by atoms with E-state index in [1.54, 1.807) is 0 Å².